The largest absolute Gasteiger partial charge is 0.545 e. The van der Waals surface area contributed by atoms with Crippen LogP contribution in [0.3, 0.4) is 0 Å². The van der Waals surface area contributed by atoms with E-state index in [-0.39, 0.29) is 44.0 Å². The normalized spacial score (nSPS) is 12.9. The molecule has 17 nitrogen and oxygen atoms in total. The number of hydrogen-bond donors (Lipinski definition) is 1. The van der Waals surface area contributed by atoms with Gasteiger partial charge in [0.25, 0.3) is 5.91 Å². The number of carbonyl (C=O) groups excluding carboxylic acids is 5. The third kappa shape index (κ3) is 10.6. The van der Waals surface area contributed by atoms with E-state index in [4.69, 9.17) is 28.1 Å². The van der Waals surface area contributed by atoms with Gasteiger partial charge in [-0.05, 0) is 73.5 Å². The molecule has 3 heterocycles. The molecule has 4 aliphatic rings. The number of anilines is 4. The van der Waals surface area contributed by atoms with Crippen molar-refractivity contribution in [2.24, 2.45) is 0 Å². The van der Waals surface area contributed by atoms with Crippen LogP contribution in [0.4, 0.5) is 22.7 Å². The number of nitrogens with one attached hydrogen (secondary N) is 1. The number of esters is 3. The number of carboxylic acid groups (broad SMARTS) is 1. The number of fused-ring (bicyclic) bond motifs is 2. The second kappa shape index (κ2) is 21.3. The van der Waals surface area contributed by atoms with Crippen molar-refractivity contribution in [3.63, 3.8) is 0 Å². The second-order valence-electron chi connectivity index (χ2n) is 16.5. The molecule has 4 aromatic rings. The number of rotatable bonds is 19. The fraction of sp³-hybridized carbons (Fsp3) is 0.308. The van der Waals surface area contributed by atoms with Gasteiger partial charge >= 0.3 is 17.9 Å². The fourth-order valence-electron chi connectivity index (χ4n) is 8.34. The van der Waals surface area contributed by atoms with Crippen LogP contribution in [-0.4, -0.2) is 117 Å². The van der Waals surface area contributed by atoms with Crippen molar-refractivity contribution in [2.45, 2.75) is 19.8 Å². The van der Waals surface area contributed by atoms with E-state index in [9.17, 15) is 29.1 Å². The second-order valence-corrected chi connectivity index (χ2v) is 16.5. The first kappa shape index (κ1) is 47.4. The number of benzene rings is 5. The number of amides is 1. The number of hydrogen-bond acceptors (Lipinski definition) is 15. The Balaban J connectivity index is 1.10. The van der Waals surface area contributed by atoms with E-state index in [0.29, 0.717) is 68.5 Å². The molecule has 3 aliphatic heterocycles. The monoisotopic (exact) mass is 939 g/mol. The van der Waals surface area contributed by atoms with Crippen LogP contribution in [0.1, 0.15) is 40.5 Å². The first-order valence-corrected chi connectivity index (χ1v) is 22.7. The van der Waals surface area contributed by atoms with Gasteiger partial charge in [-0.25, -0.2) is 4.58 Å². The van der Waals surface area contributed by atoms with E-state index in [1.165, 1.54) is 38.4 Å². The highest BCUT2D eigenvalue weighted by molar-refractivity contribution is 6.11. The molecule has 17 heteroatoms. The first-order chi connectivity index (χ1) is 33.5. The molecule has 1 aliphatic carbocycles. The number of likely N-dealkylation sites (N-methyl/N-ethyl adjacent to an activating group) is 1. The number of methoxy groups -OCH3 is 3. The summed E-state index contributed by atoms with van der Waals surface area (Å²) in [7, 11) is 3.81. The van der Waals surface area contributed by atoms with E-state index in [0.717, 1.165) is 50.1 Å². The van der Waals surface area contributed by atoms with Crippen LogP contribution in [0.2, 0.25) is 0 Å². The third-order valence-corrected chi connectivity index (χ3v) is 12.3. The van der Waals surface area contributed by atoms with Gasteiger partial charge in [0.15, 0.2) is 0 Å². The van der Waals surface area contributed by atoms with Crippen LogP contribution >= 0.6 is 0 Å². The van der Waals surface area contributed by atoms with Crippen molar-refractivity contribution in [2.75, 3.05) is 107 Å². The third-order valence-electron chi connectivity index (χ3n) is 12.3. The maximum Gasteiger partial charge on any atom is 0.325 e. The van der Waals surface area contributed by atoms with Crippen LogP contribution in [0, 0.1) is 0 Å². The first-order valence-electron chi connectivity index (χ1n) is 22.7. The summed E-state index contributed by atoms with van der Waals surface area (Å²) in [5, 5.41) is 17.5. The van der Waals surface area contributed by atoms with Crippen LogP contribution in [0.15, 0.2) is 101 Å². The van der Waals surface area contributed by atoms with Crippen molar-refractivity contribution in [1.29, 1.82) is 0 Å². The zero-order chi connectivity index (χ0) is 48.6. The fourth-order valence-corrected chi connectivity index (χ4v) is 8.34. The van der Waals surface area contributed by atoms with Crippen molar-refractivity contribution >= 4 is 63.5 Å². The topological polar surface area (TPSA) is 192 Å². The summed E-state index contributed by atoms with van der Waals surface area (Å²) < 4.78 is 35.9. The Morgan fingerprint density at radius 1 is 0.710 bits per heavy atom. The molecule has 1 N–H and O–H groups in total. The van der Waals surface area contributed by atoms with Crippen molar-refractivity contribution in [3.05, 3.63) is 114 Å². The lowest BCUT2D eigenvalue weighted by atomic mass is 9.89. The maximum absolute atomic E-state index is 14.3. The Kier molecular flexibility index (Phi) is 14.6. The van der Waals surface area contributed by atoms with Gasteiger partial charge in [0.05, 0.1) is 51.2 Å². The minimum atomic E-state index is -1.40. The molecule has 1 amide bonds. The number of nitrogens with zero attached hydrogens (tertiary/aromatic N) is 4. The van der Waals surface area contributed by atoms with E-state index < -0.39 is 29.8 Å². The zero-order valence-corrected chi connectivity index (χ0v) is 38.9. The van der Waals surface area contributed by atoms with Crippen LogP contribution in [0.5, 0.6) is 11.5 Å². The predicted octanol–water partition coefficient (Wildman–Crippen LogP) is 4.82. The molecule has 0 aromatic heterocycles. The molecule has 2 saturated heterocycles. The standard InChI is InChI=1S/C52H53N5O12/c1-5-54(30-47(58)64-2)42-19-13-34(27-46(42)68-25-24-67-43-11-7-6-10-41(43)57(31-48(59)65-3)32-49(60)66-4)53-51(61)33-12-16-37(52(62)63)40(26-33)50-38-17-14-35(55-20-8-21-55)28-44(38)69-45-29-36(15-18-39(45)50)56-22-9-23-56/h6-7,10-19,26-29H,5,8-9,20-25,30-32H2,1-4H3,(H-,53,61,62,63). The summed E-state index contributed by atoms with van der Waals surface area (Å²) in [4.78, 5) is 69.6. The molecule has 0 atom stereocenters. The molecular weight excluding hydrogens is 887 g/mol. The quantitative estimate of drug-likeness (QED) is 0.0382. The van der Waals surface area contributed by atoms with Crippen molar-refractivity contribution < 1.29 is 57.2 Å². The Morgan fingerprint density at radius 2 is 1.39 bits per heavy atom. The number of carboxylic acids is 1. The molecule has 0 saturated carbocycles. The maximum atomic E-state index is 14.3. The van der Waals surface area contributed by atoms with Gasteiger partial charge < -0.3 is 58.0 Å². The molecule has 0 radical (unpaired) electrons. The Bertz CT molecular complexity index is 2940. The van der Waals surface area contributed by atoms with E-state index in [2.05, 4.69) is 14.8 Å². The van der Waals surface area contributed by atoms with Gasteiger partial charge in [-0.15, -0.1) is 0 Å². The molecule has 8 rings (SSSR count). The van der Waals surface area contributed by atoms with Crippen LogP contribution < -0.4 is 44.5 Å². The molecule has 0 unspecified atom stereocenters. The average molecular weight is 940 g/mol. The lowest BCUT2D eigenvalue weighted by Gasteiger charge is -2.33. The minimum absolute atomic E-state index is 0.00326. The summed E-state index contributed by atoms with van der Waals surface area (Å²) in [5.74, 6) is -2.29. The molecule has 0 bridgehead atoms. The van der Waals surface area contributed by atoms with Gasteiger partial charge in [0.2, 0.25) is 5.36 Å². The average Bonchev–Trinajstić information content (AvgIpc) is 3.32. The SMILES string of the molecule is CCN(CC(=O)OC)c1ccc(NC(=O)c2ccc(C(=O)[O-])c(-c3c4ccc(=[N+]5CCC5)cc-4oc4cc(N5CCC5)ccc34)c2)cc1OCCOc1ccccc1N(CC(=O)OC)CC(=O)OC. The Labute approximate surface area is 398 Å². The summed E-state index contributed by atoms with van der Waals surface area (Å²) in [6.07, 6.45) is 2.19. The van der Waals surface area contributed by atoms with Gasteiger partial charge in [-0.3, -0.25) is 19.2 Å². The van der Waals surface area contributed by atoms with Gasteiger partial charge in [0, 0.05) is 76.8 Å². The van der Waals surface area contributed by atoms with Crippen LogP contribution in [0.25, 0.3) is 33.4 Å². The minimum Gasteiger partial charge on any atom is -0.545 e. The van der Waals surface area contributed by atoms with Crippen LogP contribution in [-0.2, 0) is 28.6 Å². The molecule has 2 fully saturated rings. The van der Waals surface area contributed by atoms with E-state index in [1.807, 2.05) is 43.3 Å². The van der Waals surface area contributed by atoms with Crippen molar-refractivity contribution in [3.8, 4) is 33.9 Å². The van der Waals surface area contributed by atoms with E-state index >= 15 is 0 Å². The number of carbonyl (C=O) groups is 5. The highest BCUT2D eigenvalue weighted by Gasteiger charge is 2.26. The summed E-state index contributed by atoms with van der Waals surface area (Å²) >= 11 is 0. The Hall–Kier alpha value is -8.08. The highest BCUT2D eigenvalue weighted by Crippen LogP contribution is 2.43. The molecule has 0 spiro atoms. The smallest absolute Gasteiger partial charge is 0.325 e. The summed E-state index contributed by atoms with van der Waals surface area (Å²) in [6, 6.07) is 28.1. The van der Waals surface area contributed by atoms with Gasteiger partial charge in [-0.2, -0.15) is 0 Å². The molecular formula is C52H53N5O12. The van der Waals surface area contributed by atoms with E-state index in [1.54, 1.807) is 53.4 Å². The molecule has 4 aromatic carbocycles. The predicted molar refractivity (Wildman–Crippen MR) is 257 cm³/mol. The lowest BCUT2D eigenvalue weighted by molar-refractivity contribution is -0.255. The summed E-state index contributed by atoms with van der Waals surface area (Å²) in [6.45, 7) is 5.43. The number of ether oxygens (including phenoxy) is 5. The summed E-state index contributed by atoms with van der Waals surface area (Å²) in [5.41, 5.74) is 4.57. The Morgan fingerprint density at radius 3 is 2.03 bits per heavy atom. The molecule has 69 heavy (non-hydrogen) atoms. The number of para-hydroxylation sites is 2. The zero-order valence-electron chi connectivity index (χ0n) is 38.9. The highest BCUT2D eigenvalue weighted by atomic mass is 16.5. The number of aromatic carboxylic acids is 1. The van der Waals surface area contributed by atoms with Crippen molar-refractivity contribution in [1.82, 2.24) is 4.58 Å². The molecule has 358 valence electrons. The van der Waals surface area contributed by atoms with Gasteiger partial charge in [0.1, 0.15) is 68.8 Å². The van der Waals surface area contributed by atoms with Gasteiger partial charge in [-0.1, -0.05) is 18.2 Å². The lowest BCUT2D eigenvalue weighted by Crippen LogP contribution is -2.40.